The molecular weight excluding hydrogens is 340 g/mol. The number of ether oxygens (including phenoxy) is 1. The van der Waals surface area contributed by atoms with Gasteiger partial charge in [0.15, 0.2) is 0 Å². The first-order chi connectivity index (χ1) is 12.4. The van der Waals surface area contributed by atoms with E-state index in [1.165, 1.54) is 18.2 Å². The van der Waals surface area contributed by atoms with Crippen molar-refractivity contribution in [1.82, 2.24) is 0 Å². The van der Waals surface area contributed by atoms with Gasteiger partial charge >= 0.3 is 17.3 Å². The summed E-state index contributed by atoms with van der Waals surface area (Å²) in [4.78, 5) is 32.7. The van der Waals surface area contributed by atoms with Crippen LogP contribution in [0.5, 0.6) is 5.75 Å². The summed E-state index contributed by atoms with van der Waals surface area (Å²) in [7, 11) is 0. The minimum atomic E-state index is -0.791. The molecule has 0 amide bonds. The van der Waals surface area contributed by atoms with E-state index in [1.54, 1.807) is 6.92 Å². The molecule has 0 atom stereocenters. The molecule has 1 rings (SSSR count). The van der Waals surface area contributed by atoms with Crippen LogP contribution in [0.15, 0.2) is 24.3 Å². The van der Waals surface area contributed by atoms with Crippen molar-refractivity contribution >= 4 is 17.3 Å². The zero-order valence-corrected chi connectivity index (χ0v) is 15.1. The summed E-state index contributed by atoms with van der Waals surface area (Å²) in [6, 6.07) is 2.25. The first-order valence-electron chi connectivity index (χ1n) is 8.71. The number of carbonyl (C=O) groups is 1. The van der Waals surface area contributed by atoms with E-state index in [0.29, 0.717) is 6.42 Å². The Morgan fingerprint density at radius 3 is 2.31 bits per heavy atom. The van der Waals surface area contributed by atoms with E-state index in [9.17, 15) is 25.0 Å². The predicted molar refractivity (Wildman–Crippen MR) is 97.3 cm³/mol. The number of allylic oxidation sites excluding steroid dienone is 1. The van der Waals surface area contributed by atoms with Crippen molar-refractivity contribution in [3.05, 3.63) is 50.1 Å². The van der Waals surface area contributed by atoms with Crippen molar-refractivity contribution in [3.8, 4) is 5.75 Å². The molecule has 0 spiro atoms. The number of nitro groups is 2. The van der Waals surface area contributed by atoms with Gasteiger partial charge in [-0.15, -0.1) is 0 Å². The van der Waals surface area contributed by atoms with E-state index in [1.807, 2.05) is 0 Å². The lowest BCUT2D eigenvalue weighted by Crippen LogP contribution is -2.09. The van der Waals surface area contributed by atoms with Crippen molar-refractivity contribution in [3.63, 3.8) is 0 Å². The summed E-state index contributed by atoms with van der Waals surface area (Å²) in [5.74, 6) is -0.682. The van der Waals surface area contributed by atoms with Crippen LogP contribution in [-0.2, 0) is 11.2 Å². The van der Waals surface area contributed by atoms with Gasteiger partial charge in [-0.2, -0.15) is 0 Å². The summed E-state index contributed by atoms with van der Waals surface area (Å²) < 4.78 is 5.15. The third-order valence-electron chi connectivity index (χ3n) is 3.89. The number of esters is 1. The van der Waals surface area contributed by atoms with Crippen LogP contribution < -0.4 is 4.74 Å². The third kappa shape index (κ3) is 6.27. The Morgan fingerprint density at radius 2 is 1.73 bits per heavy atom. The molecular formula is C18H24N2O6. The Labute approximate surface area is 152 Å². The largest absolute Gasteiger partial charge is 0.423 e. The Bertz CT molecular complexity index is 685. The average molecular weight is 364 g/mol. The highest BCUT2D eigenvalue weighted by molar-refractivity contribution is 5.84. The monoisotopic (exact) mass is 364 g/mol. The molecule has 26 heavy (non-hydrogen) atoms. The highest BCUT2D eigenvalue weighted by atomic mass is 16.6. The smallest absolute Gasteiger partial charge is 0.352 e. The summed E-state index contributed by atoms with van der Waals surface area (Å²) >= 11 is 0. The van der Waals surface area contributed by atoms with Crippen LogP contribution in [0.2, 0.25) is 0 Å². The maximum absolute atomic E-state index is 11.7. The van der Waals surface area contributed by atoms with Gasteiger partial charge in [0.25, 0.3) is 0 Å². The summed E-state index contributed by atoms with van der Waals surface area (Å²) in [5, 5.41) is 22.6. The van der Waals surface area contributed by atoms with Crippen molar-refractivity contribution in [2.75, 3.05) is 0 Å². The van der Waals surface area contributed by atoms with E-state index in [4.69, 9.17) is 4.74 Å². The molecule has 0 bridgehead atoms. The summed E-state index contributed by atoms with van der Waals surface area (Å²) in [6.07, 6.45) is 8.69. The first kappa shape index (κ1) is 21.3. The van der Waals surface area contributed by atoms with E-state index < -0.39 is 27.2 Å². The van der Waals surface area contributed by atoms with Gasteiger partial charge in [-0.25, -0.2) is 4.79 Å². The van der Waals surface area contributed by atoms with Crippen LogP contribution in [0.3, 0.4) is 0 Å². The van der Waals surface area contributed by atoms with Crippen LogP contribution in [0.1, 0.15) is 57.9 Å². The fourth-order valence-electron chi connectivity index (χ4n) is 2.65. The molecule has 0 aliphatic heterocycles. The molecule has 0 aliphatic rings. The number of nitrogens with zero attached hydrogens (tertiary/aromatic N) is 2. The zero-order valence-electron chi connectivity index (χ0n) is 15.1. The average Bonchev–Trinajstić information content (AvgIpc) is 2.58. The summed E-state index contributed by atoms with van der Waals surface area (Å²) in [5.41, 5.74) is -1.10. The molecule has 0 aromatic heterocycles. The maximum Gasteiger partial charge on any atom is 0.352 e. The Kier molecular flexibility index (Phi) is 8.97. The number of unbranched alkanes of at least 4 members (excludes halogenated alkanes) is 5. The van der Waals surface area contributed by atoms with E-state index >= 15 is 0 Å². The van der Waals surface area contributed by atoms with Crippen LogP contribution in [0, 0.1) is 20.2 Å². The van der Waals surface area contributed by atoms with E-state index in [0.717, 1.165) is 38.2 Å². The Hall–Kier alpha value is -2.77. The standard InChI is InChI=1S/C18H24N2O6/c1-3-5-6-7-8-9-11-14-16(26-17(21)10-4-2)13-12-15(19(22)23)18(14)20(24)25/h4,10,12-13H,3,5-9,11H2,1-2H3. The number of hydrogen-bond acceptors (Lipinski definition) is 6. The lowest BCUT2D eigenvalue weighted by molar-refractivity contribution is -0.423. The quantitative estimate of drug-likeness (QED) is 0.138. The lowest BCUT2D eigenvalue weighted by atomic mass is 10.0. The summed E-state index contributed by atoms with van der Waals surface area (Å²) in [6.45, 7) is 3.74. The van der Waals surface area contributed by atoms with Crippen LogP contribution >= 0.6 is 0 Å². The first-order valence-corrected chi connectivity index (χ1v) is 8.71. The Balaban J connectivity index is 3.12. The molecule has 0 aliphatic carbocycles. The topological polar surface area (TPSA) is 113 Å². The van der Waals surface area contributed by atoms with Crippen molar-refractivity contribution in [2.24, 2.45) is 0 Å². The van der Waals surface area contributed by atoms with Gasteiger partial charge < -0.3 is 4.74 Å². The van der Waals surface area contributed by atoms with Crippen LogP contribution in [0.25, 0.3) is 0 Å². The van der Waals surface area contributed by atoms with E-state index in [2.05, 4.69) is 6.92 Å². The number of nitro benzene ring substituents is 2. The third-order valence-corrected chi connectivity index (χ3v) is 3.89. The molecule has 8 nitrogen and oxygen atoms in total. The fraction of sp³-hybridized carbons (Fsp3) is 0.500. The SMILES string of the molecule is CC=CC(=O)Oc1ccc([N+](=O)[O-])c([N+](=O)[O-])c1CCCCCCCC. The van der Waals surface area contributed by atoms with Crippen molar-refractivity contribution < 1.29 is 19.4 Å². The molecule has 1 aromatic rings. The molecule has 0 saturated carbocycles. The van der Waals surface area contributed by atoms with Crippen LogP contribution in [0.4, 0.5) is 11.4 Å². The maximum atomic E-state index is 11.7. The molecule has 0 fully saturated rings. The predicted octanol–water partition coefficient (Wildman–Crippen LogP) is 4.89. The number of carbonyl (C=O) groups excluding carboxylic acids is 1. The number of hydrogen-bond donors (Lipinski definition) is 0. The second-order valence-corrected chi connectivity index (χ2v) is 5.86. The molecule has 142 valence electrons. The fourth-order valence-corrected chi connectivity index (χ4v) is 2.65. The van der Waals surface area contributed by atoms with Crippen molar-refractivity contribution in [1.29, 1.82) is 0 Å². The number of rotatable bonds is 11. The molecule has 0 unspecified atom stereocenters. The molecule has 0 heterocycles. The second-order valence-electron chi connectivity index (χ2n) is 5.86. The molecule has 1 aromatic carbocycles. The molecule has 0 N–H and O–H groups in total. The highest BCUT2D eigenvalue weighted by Crippen LogP contribution is 2.38. The molecule has 0 radical (unpaired) electrons. The van der Waals surface area contributed by atoms with Crippen LogP contribution in [-0.4, -0.2) is 15.8 Å². The minimum absolute atomic E-state index is 0.000965. The molecule has 0 saturated heterocycles. The minimum Gasteiger partial charge on any atom is -0.423 e. The van der Waals surface area contributed by atoms with E-state index in [-0.39, 0.29) is 17.7 Å². The van der Waals surface area contributed by atoms with Gasteiger partial charge in [-0.3, -0.25) is 20.2 Å². The van der Waals surface area contributed by atoms with Gasteiger partial charge in [0.1, 0.15) is 5.75 Å². The molecule has 8 heteroatoms. The number of benzene rings is 1. The highest BCUT2D eigenvalue weighted by Gasteiger charge is 2.31. The van der Waals surface area contributed by atoms with Gasteiger partial charge in [-0.05, 0) is 25.8 Å². The van der Waals surface area contributed by atoms with Crippen molar-refractivity contribution in [2.45, 2.75) is 58.8 Å². The Morgan fingerprint density at radius 1 is 1.08 bits per heavy atom. The second kappa shape index (κ2) is 11.0. The lowest BCUT2D eigenvalue weighted by Gasteiger charge is -2.10. The zero-order chi connectivity index (χ0) is 19.5. The van der Waals surface area contributed by atoms with Gasteiger partial charge in [0.2, 0.25) is 0 Å². The normalized spacial score (nSPS) is 10.8. The van der Waals surface area contributed by atoms with Gasteiger partial charge in [0.05, 0.1) is 15.4 Å². The van der Waals surface area contributed by atoms with Gasteiger partial charge in [-0.1, -0.05) is 45.1 Å². The van der Waals surface area contributed by atoms with Gasteiger partial charge in [0, 0.05) is 12.1 Å².